The lowest BCUT2D eigenvalue weighted by Gasteiger charge is -2.09. The Morgan fingerprint density at radius 2 is 1.54 bits per heavy atom. The molecule has 0 heterocycles. The molecule has 0 fully saturated rings. The molecule has 24 heavy (non-hydrogen) atoms. The molecule has 0 aliphatic heterocycles. The standard InChI is InChI=1S/C19H17NO4/c1-3-13(2)18(21)23-17-10-6-15(7-11-17)19(22)24-16-8-4-14(12-20)5-9-16/h4-11,13H,3H2,1-2H3. The van der Waals surface area contributed by atoms with Crippen LogP contribution >= 0.6 is 0 Å². The van der Waals surface area contributed by atoms with Crippen LogP contribution in [0.15, 0.2) is 48.5 Å². The number of carbonyl (C=O) groups is 2. The van der Waals surface area contributed by atoms with E-state index in [1.807, 2.05) is 13.0 Å². The molecule has 5 heteroatoms. The molecule has 1 unspecified atom stereocenters. The summed E-state index contributed by atoms with van der Waals surface area (Å²) in [5.74, 6) is -0.266. The fourth-order valence-electron chi connectivity index (χ4n) is 1.81. The molecular weight excluding hydrogens is 306 g/mol. The van der Waals surface area contributed by atoms with E-state index in [-0.39, 0.29) is 11.9 Å². The Kier molecular flexibility index (Phi) is 5.69. The minimum absolute atomic E-state index is 0.175. The highest BCUT2D eigenvalue weighted by Gasteiger charge is 2.14. The van der Waals surface area contributed by atoms with Gasteiger partial charge >= 0.3 is 11.9 Å². The third-order valence-corrected chi connectivity index (χ3v) is 3.52. The average molecular weight is 323 g/mol. The van der Waals surface area contributed by atoms with Crippen LogP contribution in [-0.4, -0.2) is 11.9 Å². The normalized spacial score (nSPS) is 11.2. The van der Waals surface area contributed by atoms with Crippen molar-refractivity contribution in [2.24, 2.45) is 5.92 Å². The smallest absolute Gasteiger partial charge is 0.343 e. The van der Waals surface area contributed by atoms with Crippen LogP contribution in [0.25, 0.3) is 0 Å². The molecule has 0 aliphatic carbocycles. The van der Waals surface area contributed by atoms with Gasteiger partial charge in [-0.2, -0.15) is 5.26 Å². The Hall–Kier alpha value is -3.13. The Morgan fingerprint density at radius 1 is 1.00 bits per heavy atom. The number of hydrogen-bond donors (Lipinski definition) is 0. The summed E-state index contributed by atoms with van der Waals surface area (Å²) in [7, 11) is 0. The SMILES string of the molecule is CCC(C)C(=O)Oc1ccc(C(=O)Oc2ccc(C#N)cc2)cc1. The number of ether oxygens (including phenoxy) is 2. The molecule has 0 aromatic heterocycles. The molecule has 0 spiro atoms. The maximum absolute atomic E-state index is 12.1. The minimum atomic E-state index is -0.528. The largest absolute Gasteiger partial charge is 0.426 e. The third kappa shape index (κ3) is 4.43. The van der Waals surface area contributed by atoms with Gasteiger partial charge in [-0.05, 0) is 55.0 Å². The van der Waals surface area contributed by atoms with E-state index in [0.29, 0.717) is 29.0 Å². The average Bonchev–Trinajstić information content (AvgIpc) is 2.62. The van der Waals surface area contributed by atoms with Crippen LogP contribution < -0.4 is 9.47 Å². The van der Waals surface area contributed by atoms with Gasteiger partial charge in [-0.15, -0.1) is 0 Å². The van der Waals surface area contributed by atoms with E-state index in [4.69, 9.17) is 14.7 Å². The molecule has 2 rings (SSSR count). The van der Waals surface area contributed by atoms with Crippen LogP contribution in [0.1, 0.15) is 36.2 Å². The van der Waals surface area contributed by atoms with Crippen molar-refractivity contribution < 1.29 is 19.1 Å². The lowest BCUT2D eigenvalue weighted by Crippen LogP contribution is -2.17. The van der Waals surface area contributed by atoms with E-state index in [1.165, 1.54) is 12.1 Å². The number of nitriles is 1. The van der Waals surface area contributed by atoms with Crippen molar-refractivity contribution in [3.05, 3.63) is 59.7 Å². The number of nitrogens with zero attached hydrogens (tertiary/aromatic N) is 1. The van der Waals surface area contributed by atoms with Crippen molar-refractivity contribution in [2.75, 3.05) is 0 Å². The van der Waals surface area contributed by atoms with E-state index in [2.05, 4.69) is 0 Å². The number of carbonyl (C=O) groups excluding carboxylic acids is 2. The van der Waals surface area contributed by atoms with Crippen LogP contribution in [-0.2, 0) is 4.79 Å². The van der Waals surface area contributed by atoms with E-state index in [9.17, 15) is 9.59 Å². The summed E-state index contributed by atoms with van der Waals surface area (Å²) in [5, 5.41) is 8.73. The van der Waals surface area contributed by atoms with Crippen molar-refractivity contribution in [1.29, 1.82) is 5.26 Å². The predicted molar refractivity (Wildman–Crippen MR) is 87.6 cm³/mol. The molecule has 0 radical (unpaired) electrons. The highest BCUT2D eigenvalue weighted by molar-refractivity contribution is 5.91. The van der Waals surface area contributed by atoms with E-state index < -0.39 is 5.97 Å². The molecular formula is C19H17NO4. The molecule has 0 bridgehead atoms. The first-order chi connectivity index (χ1) is 11.5. The zero-order valence-corrected chi connectivity index (χ0v) is 13.5. The lowest BCUT2D eigenvalue weighted by molar-refractivity contribution is -0.138. The van der Waals surface area contributed by atoms with E-state index in [0.717, 1.165) is 0 Å². The number of hydrogen-bond acceptors (Lipinski definition) is 5. The van der Waals surface area contributed by atoms with Gasteiger partial charge < -0.3 is 9.47 Å². The Labute approximate surface area is 140 Å². The zero-order valence-electron chi connectivity index (χ0n) is 13.5. The van der Waals surface area contributed by atoms with Gasteiger partial charge in [-0.25, -0.2) is 4.79 Å². The van der Waals surface area contributed by atoms with Crippen molar-refractivity contribution in [3.8, 4) is 17.6 Å². The monoisotopic (exact) mass is 323 g/mol. The van der Waals surface area contributed by atoms with Gasteiger partial charge in [0.05, 0.1) is 23.1 Å². The highest BCUT2D eigenvalue weighted by Crippen LogP contribution is 2.17. The summed E-state index contributed by atoms with van der Waals surface area (Å²) in [4.78, 5) is 23.8. The van der Waals surface area contributed by atoms with Crippen molar-refractivity contribution in [3.63, 3.8) is 0 Å². The maximum Gasteiger partial charge on any atom is 0.343 e. The quantitative estimate of drug-likeness (QED) is 0.619. The van der Waals surface area contributed by atoms with Gasteiger partial charge in [0.1, 0.15) is 11.5 Å². The Bertz CT molecular complexity index is 757. The van der Waals surface area contributed by atoms with Crippen LogP contribution in [0, 0.1) is 17.2 Å². The second-order valence-electron chi connectivity index (χ2n) is 5.28. The van der Waals surface area contributed by atoms with Gasteiger partial charge in [0.15, 0.2) is 0 Å². The maximum atomic E-state index is 12.1. The summed E-state index contributed by atoms with van der Waals surface area (Å²) in [5.41, 5.74) is 0.824. The molecule has 0 saturated heterocycles. The second kappa shape index (κ2) is 7.93. The van der Waals surface area contributed by atoms with Crippen molar-refractivity contribution in [1.82, 2.24) is 0 Å². The fourth-order valence-corrected chi connectivity index (χ4v) is 1.81. The summed E-state index contributed by atoms with van der Waals surface area (Å²) in [6, 6.07) is 14.4. The zero-order chi connectivity index (χ0) is 17.5. The molecule has 0 N–H and O–H groups in total. The molecule has 2 aromatic carbocycles. The molecule has 0 saturated carbocycles. The van der Waals surface area contributed by atoms with Crippen molar-refractivity contribution in [2.45, 2.75) is 20.3 Å². The first kappa shape index (κ1) is 17.2. The van der Waals surface area contributed by atoms with E-state index in [1.54, 1.807) is 43.3 Å². The fraction of sp³-hybridized carbons (Fsp3) is 0.211. The van der Waals surface area contributed by atoms with Gasteiger partial charge in [0.2, 0.25) is 0 Å². The van der Waals surface area contributed by atoms with Crippen LogP contribution in [0.3, 0.4) is 0 Å². The van der Waals surface area contributed by atoms with E-state index >= 15 is 0 Å². The van der Waals surface area contributed by atoms with Gasteiger partial charge in [0, 0.05) is 0 Å². The molecule has 2 aromatic rings. The summed E-state index contributed by atoms with van der Waals surface area (Å²) < 4.78 is 10.4. The summed E-state index contributed by atoms with van der Waals surface area (Å²) in [6.45, 7) is 3.71. The van der Waals surface area contributed by atoms with Gasteiger partial charge in [-0.1, -0.05) is 13.8 Å². The Balaban J connectivity index is 2.00. The first-order valence-corrected chi connectivity index (χ1v) is 7.57. The van der Waals surface area contributed by atoms with Crippen LogP contribution in [0.2, 0.25) is 0 Å². The minimum Gasteiger partial charge on any atom is -0.426 e. The van der Waals surface area contributed by atoms with Crippen LogP contribution in [0.4, 0.5) is 0 Å². The molecule has 1 atom stereocenters. The summed E-state index contributed by atoms with van der Waals surface area (Å²) >= 11 is 0. The molecule has 0 amide bonds. The predicted octanol–water partition coefficient (Wildman–Crippen LogP) is 3.73. The van der Waals surface area contributed by atoms with Crippen LogP contribution in [0.5, 0.6) is 11.5 Å². The Morgan fingerprint density at radius 3 is 2.08 bits per heavy atom. The molecule has 122 valence electrons. The van der Waals surface area contributed by atoms with Gasteiger partial charge in [0.25, 0.3) is 0 Å². The number of rotatable bonds is 5. The first-order valence-electron chi connectivity index (χ1n) is 7.57. The number of esters is 2. The number of benzene rings is 2. The summed E-state index contributed by atoms with van der Waals surface area (Å²) in [6.07, 6.45) is 0.702. The van der Waals surface area contributed by atoms with Crippen molar-refractivity contribution >= 4 is 11.9 Å². The third-order valence-electron chi connectivity index (χ3n) is 3.52. The van der Waals surface area contributed by atoms with Gasteiger partial charge in [-0.3, -0.25) is 4.79 Å². The lowest BCUT2D eigenvalue weighted by atomic mass is 10.1. The second-order valence-corrected chi connectivity index (χ2v) is 5.28. The molecule has 0 aliphatic rings. The molecule has 5 nitrogen and oxygen atoms in total. The highest BCUT2D eigenvalue weighted by atomic mass is 16.5. The topological polar surface area (TPSA) is 76.4 Å².